The molecule has 0 radical (unpaired) electrons. The number of benzene rings is 2. The number of ether oxygens (including phenoxy) is 1. The van der Waals surface area contributed by atoms with Crippen LogP contribution in [0, 0.1) is 0 Å². The summed E-state index contributed by atoms with van der Waals surface area (Å²) < 4.78 is 68.1. The van der Waals surface area contributed by atoms with Crippen LogP contribution in [0.4, 0.5) is 18.9 Å². The largest absolute Gasteiger partial charge is 0.416 e. The first-order valence-electron chi connectivity index (χ1n) is 10.9. The zero-order chi connectivity index (χ0) is 24.5. The smallest absolute Gasteiger partial charge is 0.377 e. The third kappa shape index (κ3) is 5.28. The number of piperazine rings is 1. The molecule has 34 heavy (non-hydrogen) atoms. The Bertz CT molecular complexity index is 1200. The number of carbonyl (C=O) groups excluding carboxylic acids is 1. The molecule has 0 unspecified atom stereocenters. The molecule has 0 bridgehead atoms. The van der Waals surface area contributed by atoms with Crippen molar-refractivity contribution in [3.05, 3.63) is 65.2 Å². The number of sulfone groups is 1. The lowest BCUT2D eigenvalue weighted by atomic mass is 9.95. The Balaban J connectivity index is 1.54. The highest BCUT2D eigenvalue weighted by atomic mass is 32.2. The van der Waals surface area contributed by atoms with Crippen molar-refractivity contribution >= 4 is 27.0 Å². The van der Waals surface area contributed by atoms with E-state index in [2.05, 4.69) is 0 Å². The molecule has 6 nitrogen and oxygen atoms in total. The number of anilines is 1. The fourth-order valence-corrected chi connectivity index (χ4v) is 4.83. The van der Waals surface area contributed by atoms with Gasteiger partial charge in [0, 0.05) is 43.7 Å². The second-order valence-corrected chi connectivity index (χ2v) is 10.4. The monoisotopic (exact) mass is 494 g/mol. The number of amides is 1. The lowest BCUT2D eigenvalue weighted by Gasteiger charge is -2.36. The third-order valence-corrected chi connectivity index (χ3v) is 7.20. The fraction of sp³-hybridized carbons (Fsp3) is 0.375. The van der Waals surface area contributed by atoms with Crippen LogP contribution in [0.1, 0.15) is 27.9 Å². The predicted molar refractivity (Wildman–Crippen MR) is 123 cm³/mol. The Morgan fingerprint density at radius 2 is 1.68 bits per heavy atom. The van der Waals surface area contributed by atoms with Crippen LogP contribution in [-0.4, -0.2) is 64.9 Å². The summed E-state index contributed by atoms with van der Waals surface area (Å²) in [5, 5.41) is 0. The highest BCUT2D eigenvalue weighted by molar-refractivity contribution is 7.90. The quantitative estimate of drug-likeness (QED) is 0.646. The van der Waals surface area contributed by atoms with E-state index in [1.165, 1.54) is 24.3 Å². The summed E-state index contributed by atoms with van der Waals surface area (Å²) in [6.45, 7) is 2.60. The molecule has 0 aromatic heterocycles. The highest BCUT2D eigenvalue weighted by Gasteiger charge is 2.31. The van der Waals surface area contributed by atoms with E-state index >= 15 is 0 Å². The summed E-state index contributed by atoms with van der Waals surface area (Å²) in [5.74, 6) is -0.264. The molecule has 0 spiro atoms. The van der Waals surface area contributed by atoms with Gasteiger partial charge in [-0.05, 0) is 54.0 Å². The molecule has 2 aromatic carbocycles. The van der Waals surface area contributed by atoms with Crippen molar-refractivity contribution in [1.82, 2.24) is 4.90 Å². The minimum absolute atomic E-state index is 0.0793. The average molecular weight is 495 g/mol. The zero-order valence-corrected chi connectivity index (χ0v) is 19.5. The maximum atomic E-state index is 13.5. The number of hydrogen-bond acceptors (Lipinski definition) is 5. The maximum absolute atomic E-state index is 13.5. The maximum Gasteiger partial charge on any atom is 0.416 e. The zero-order valence-electron chi connectivity index (χ0n) is 18.6. The summed E-state index contributed by atoms with van der Waals surface area (Å²) in [4.78, 5) is 17.1. The number of nitrogens with zero attached hydrogens (tertiary/aromatic N) is 2. The van der Waals surface area contributed by atoms with E-state index in [0.717, 1.165) is 24.0 Å². The van der Waals surface area contributed by atoms with Gasteiger partial charge in [-0.2, -0.15) is 13.2 Å². The minimum Gasteiger partial charge on any atom is -0.377 e. The van der Waals surface area contributed by atoms with Crippen molar-refractivity contribution in [2.75, 3.05) is 50.5 Å². The van der Waals surface area contributed by atoms with Gasteiger partial charge in [0.1, 0.15) is 0 Å². The average Bonchev–Trinajstić information content (AvgIpc) is 2.83. The molecule has 1 amide bonds. The Morgan fingerprint density at radius 1 is 1.00 bits per heavy atom. The van der Waals surface area contributed by atoms with Crippen molar-refractivity contribution in [1.29, 1.82) is 0 Å². The van der Waals surface area contributed by atoms with Gasteiger partial charge in [-0.1, -0.05) is 12.1 Å². The predicted octanol–water partition coefficient (Wildman–Crippen LogP) is 3.88. The van der Waals surface area contributed by atoms with E-state index < -0.39 is 21.6 Å². The molecule has 0 atom stereocenters. The molecule has 2 aliphatic rings. The van der Waals surface area contributed by atoms with Crippen LogP contribution in [0.3, 0.4) is 0 Å². The van der Waals surface area contributed by atoms with Gasteiger partial charge in [-0.3, -0.25) is 4.79 Å². The second-order valence-electron chi connectivity index (χ2n) is 8.36. The van der Waals surface area contributed by atoms with Gasteiger partial charge in [0.25, 0.3) is 5.91 Å². The molecular weight excluding hydrogens is 469 g/mol. The molecule has 0 aliphatic carbocycles. The molecule has 2 heterocycles. The SMILES string of the molecule is CS(=O)(=O)c1ccc(C2=CCOCC2)c(C(=O)N2CCN(c3ccc(C(F)(F)F)cc3)CC2)c1. The van der Waals surface area contributed by atoms with E-state index in [1.807, 2.05) is 11.0 Å². The van der Waals surface area contributed by atoms with Crippen LogP contribution in [0.25, 0.3) is 5.57 Å². The highest BCUT2D eigenvalue weighted by Crippen LogP contribution is 2.31. The Kier molecular flexibility index (Phi) is 6.73. The first kappa shape index (κ1) is 24.3. The van der Waals surface area contributed by atoms with Crippen LogP contribution in [0.2, 0.25) is 0 Å². The summed E-state index contributed by atoms with van der Waals surface area (Å²) >= 11 is 0. The van der Waals surface area contributed by atoms with Gasteiger partial charge in [0.2, 0.25) is 0 Å². The first-order valence-corrected chi connectivity index (χ1v) is 12.8. The molecule has 1 fully saturated rings. The molecule has 10 heteroatoms. The van der Waals surface area contributed by atoms with Crippen molar-refractivity contribution in [2.24, 2.45) is 0 Å². The lowest BCUT2D eigenvalue weighted by molar-refractivity contribution is -0.137. The molecule has 0 N–H and O–H groups in total. The van der Waals surface area contributed by atoms with E-state index in [0.29, 0.717) is 62.6 Å². The first-order chi connectivity index (χ1) is 16.0. The van der Waals surface area contributed by atoms with Gasteiger partial charge in [-0.25, -0.2) is 8.42 Å². The Labute approximate surface area is 196 Å². The number of carbonyl (C=O) groups is 1. The van der Waals surface area contributed by atoms with Crippen LogP contribution in [0.15, 0.2) is 53.4 Å². The topological polar surface area (TPSA) is 66.9 Å². The molecule has 4 rings (SSSR count). The number of hydrogen-bond donors (Lipinski definition) is 0. The molecular formula is C24H25F3N2O4S. The van der Waals surface area contributed by atoms with Gasteiger partial charge < -0.3 is 14.5 Å². The van der Waals surface area contributed by atoms with Crippen LogP contribution in [-0.2, 0) is 20.8 Å². The van der Waals surface area contributed by atoms with Crippen LogP contribution < -0.4 is 4.90 Å². The van der Waals surface area contributed by atoms with E-state index in [9.17, 15) is 26.4 Å². The molecule has 2 aliphatic heterocycles. The van der Waals surface area contributed by atoms with Crippen molar-refractivity contribution < 1.29 is 31.1 Å². The van der Waals surface area contributed by atoms with E-state index in [-0.39, 0.29) is 10.8 Å². The van der Waals surface area contributed by atoms with Gasteiger partial charge in [-0.15, -0.1) is 0 Å². The summed E-state index contributed by atoms with van der Waals surface area (Å²) in [7, 11) is -3.50. The standard InChI is InChI=1S/C24H25F3N2O4S/c1-34(31,32)20-6-7-21(17-8-14-33-15-9-17)22(16-20)23(30)29-12-10-28(11-13-29)19-4-2-18(3-5-19)24(25,26)27/h2-8,16H,9-15H2,1H3. The molecule has 0 saturated carbocycles. The minimum atomic E-state index is -4.39. The number of alkyl halides is 3. The van der Waals surface area contributed by atoms with Crippen LogP contribution >= 0.6 is 0 Å². The van der Waals surface area contributed by atoms with Crippen molar-refractivity contribution in [3.63, 3.8) is 0 Å². The van der Waals surface area contributed by atoms with Gasteiger partial charge >= 0.3 is 6.18 Å². The van der Waals surface area contributed by atoms with Crippen LogP contribution in [0.5, 0.6) is 0 Å². The summed E-state index contributed by atoms with van der Waals surface area (Å²) in [5.41, 5.74) is 1.93. The van der Waals surface area contributed by atoms with E-state index in [1.54, 1.807) is 11.0 Å². The van der Waals surface area contributed by atoms with Crippen molar-refractivity contribution in [2.45, 2.75) is 17.5 Å². The Morgan fingerprint density at radius 3 is 2.24 bits per heavy atom. The van der Waals surface area contributed by atoms with E-state index in [4.69, 9.17) is 4.74 Å². The number of halogens is 3. The molecule has 182 valence electrons. The summed E-state index contributed by atoms with van der Waals surface area (Å²) in [6, 6.07) is 9.61. The fourth-order valence-electron chi connectivity index (χ4n) is 4.18. The molecule has 2 aromatic rings. The lowest BCUT2D eigenvalue weighted by Crippen LogP contribution is -2.49. The number of rotatable bonds is 4. The Hall–Kier alpha value is -2.85. The second kappa shape index (κ2) is 9.42. The van der Waals surface area contributed by atoms with Gasteiger partial charge in [0.05, 0.1) is 23.7 Å². The van der Waals surface area contributed by atoms with Gasteiger partial charge in [0.15, 0.2) is 9.84 Å². The molecule has 1 saturated heterocycles. The van der Waals surface area contributed by atoms with Crippen molar-refractivity contribution in [3.8, 4) is 0 Å². The normalized spacial score (nSPS) is 17.5. The summed E-state index contributed by atoms with van der Waals surface area (Å²) in [6.07, 6.45) is -0.757. The third-order valence-electron chi connectivity index (χ3n) is 6.09.